The number of hydrazone groups is 1. The molecule has 6 nitrogen and oxygen atoms in total. The topological polar surface area (TPSA) is 76.3 Å². The van der Waals surface area contributed by atoms with Gasteiger partial charge in [-0.15, -0.1) is 0 Å². The Kier molecular flexibility index (Phi) is 4.45. The van der Waals surface area contributed by atoms with E-state index < -0.39 is 5.91 Å². The molecule has 1 saturated carbocycles. The van der Waals surface area contributed by atoms with E-state index in [-0.39, 0.29) is 16.7 Å². The van der Waals surface area contributed by atoms with Crippen molar-refractivity contribution >= 4 is 22.4 Å². The van der Waals surface area contributed by atoms with Crippen LogP contribution >= 0.6 is 0 Å². The van der Waals surface area contributed by atoms with Crippen LogP contribution in [0.3, 0.4) is 0 Å². The summed E-state index contributed by atoms with van der Waals surface area (Å²) in [5, 5.41) is 9.50. The highest BCUT2D eigenvalue weighted by Gasteiger charge is 2.29. The van der Waals surface area contributed by atoms with Crippen molar-refractivity contribution < 1.29 is 4.79 Å². The minimum Gasteiger partial charge on any atom is -0.267 e. The SMILES string of the molecule is CC1C/C(=N/NC(=O)c2nn(C)c(=O)c3ccccc23)CC(C)(C)C1. The maximum Gasteiger partial charge on any atom is 0.292 e. The van der Waals surface area contributed by atoms with Crippen molar-refractivity contribution in [1.82, 2.24) is 15.2 Å². The molecular weight excluding hydrogens is 316 g/mol. The first kappa shape index (κ1) is 17.3. The molecule has 1 atom stereocenters. The Morgan fingerprint density at radius 3 is 2.68 bits per heavy atom. The molecule has 0 aliphatic heterocycles. The van der Waals surface area contributed by atoms with Crippen molar-refractivity contribution in [1.29, 1.82) is 0 Å². The third-order valence-corrected chi connectivity index (χ3v) is 4.65. The number of fused-ring (bicyclic) bond motifs is 1. The number of amides is 1. The Bertz CT molecular complexity index is 911. The van der Waals surface area contributed by atoms with Crippen LogP contribution in [0.2, 0.25) is 0 Å². The standard InChI is InChI=1S/C19H24N4O2/c1-12-9-13(11-19(2,3)10-12)20-21-17(24)16-14-7-5-6-8-15(14)18(25)23(4)22-16/h5-8,12H,9-11H2,1-4H3,(H,21,24)/b20-13-. The van der Waals surface area contributed by atoms with E-state index in [1.165, 1.54) is 4.68 Å². The monoisotopic (exact) mass is 340 g/mol. The molecule has 0 saturated heterocycles. The predicted octanol–water partition coefficient (Wildman–Crippen LogP) is 2.87. The van der Waals surface area contributed by atoms with Crippen LogP contribution in [0.15, 0.2) is 34.2 Å². The van der Waals surface area contributed by atoms with Gasteiger partial charge in [0.05, 0.1) is 5.39 Å². The number of nitrogens with one attached hydrogen (secondary N) is 1. The first-order chi connectivity index (χ1) is 11.8. The first-order valence-electron chi connectivity index (χ1n) is 8.59. The lowest BCUT2D eigenvalue weighted by molar-refractivity contribution is 0.0948. The minimum atomic E-state index is -0.393. The number of nitrogens with zero attached hydrogens (tertiary/aromatic N) is 3. The van der Waals surface area contributed by atoms with Gasteiger partial charge in [-0.3, -0.25) is 9.59 Å². The largest absolute Gasteiger partial charge is 0.292 e. The molecule has 1 heterocycles. The lowest BCUT2D eigenvalue weighted by Gasteiger charge is -2.34. The molecule has 0 radical (unpaired) electrons. The van der Waals surface area contributed by atoms with Gasteiger partial charge in [-0.25, -0.2) is 10.1 Å². The molecule has 3 rings (SSSR count). The minimum absolute atomic E-state index is 0.197. The zero-order valence-corrected chi connectivity index (χ0v) is 15.2. The van der Waals surface area contributed by atoms with Gasteiger partial charge in [0.15, 0.2) is 5.69 Å². The average Bonchev–Trinajstić information content (AvgIpc) is 2.54. The maximum absolute atomic E-state index is 12.6. The van der Waals surface area contributed by atoms with Crippen LogP contribution < -0.4 is 11.0 Å². The van der Waals surface area contributed by atoms with E-state index in [4.69, 9.17) is 0 Å². The highest BCUT2D eigenvalue weighted by molar-refractivity contribution is 6.05. The Morgan fingerprint density at radius 1 is 1.32 bits per heavy atom. The molecule has 1 amide bonds. The summed E-state index contributed by atoms with van der Waals surface area (Å²) in [6, 6.07) is 7.00. The second-order valence-corrected chi connectivity index (χ2v) is 7.80. The van der Waals surface area contributed by atoms with Crippen LogP contribution in [0.5, 0.6) is 0 Å². The van der Waals surface area contributed by atoms with Gasteiger partial charge in [0.1, 0.15) is 0 Å². The fourth-order valence-corrected chi connectivity index (χ4v) is 3.85. The molecule has 6 heteroatoms. The molecule has 2 aromatic rings. The summed E-state index contributed by atoms with van der Waals surface area (Å²) < 4.78 is 1.19. The third kappa shape index (κ3) is 3.62. The van der Waals surface area contributed by atoms with Gasteiger partial charge in [0.25, 0.3) is 11.5 Å². The summed E-state index contributed by atoms with van der Waals surface area (Å²) in [5.41, 5.74) is 3.83. The number of aryl methyl sites for hydroxylation is 1. The smallest absolute Gasteiger partial charge is 0.267 e. The van der Waals surface area contributed by atoms with E-state index >= 15 is 0 Å². The number of benzene rings is 1. The van der Waals surface area contributed by atoms with E-state index in [0.29, 0.717) is 16.7 Å². The molecule has 25 heavy (non-hydrogen) atoms. The first-order valence-corrected chi connectivity index (χ1v) is 8.59. The fourth-order valence-electron chi connectivity index (χ4n) is 3.85. The van der Waals surface area contributed by atoms with Gasteiger partial charge in [-0.1, -0.05) is 39.0 Å². The zero-order valence-electron chi connectivity index (χ0n) is 15.2. The van der Waals surface area contributed by atoms with E-state index in [2.05, 4.69) is 36.4 Å². The zero-order chi connectivity index (χ0) is 18.2. The van der Waals surface area contributed by atoms with Crippen molar-refractivity contribution in [3.05, 3.63) is 40.3 Å². The molecule has 1 aromatic heterocycles. The van der Waals surface area contributed by atoms with Crippen LogP contribution in [0, 0.1) is 11.3 Å². The molecule has 1 fully saturated rings. The molecule has 1 aromatic carbocycles. The van der Waals surface area contributed by atoms with Crippen molar-refractivity contribution in [2.75, 3.05) is 0 Å². The number of carbonyl (C=O) groups is 1. The number of hydrogen-bond acceptors (Lipinski definition) is 4. The van der Waals surface area contributed by atoms with Crippen molar-refractivity contribution in [3.8, 4) is 0 Å². The quantitative estimate of drug-likeness (QED) is 0.854. The van der Waals surface area contributed by atoms with E-state index in [1.54, 1.807) is 31.3 Å². The molecule has 132 valence electrons. The fraction of sp³-hybridized carbons (Fsp3) is 0.474. The Balaban J connectivity index is 1.90. The van der Waals surface area contributed by atoms with Crippen LogP contribution in [-0.2, 0) is 7.05 Å². The Hall–Kier alpha value is -2.50. The third-order valence-electron chi connectivity index (χ3n) is 4.65. The van der Waals surface area contributed by atoms with Gasteiger partial charge in [-0.2, -0.15) is 10.2 Å². The van der Waals surface area contributed by atoms with Gasteiger partial charge in [0.2, 0.25) is 0 Å². The molecule has 1 aliphatic carbocycles. The lowest BCUT2D eigenvalue weighted by Crippen LogP contribution is -2.31. The molecule has 0 spiro atoms. The van der Waals surface area contributed by atoms with E-state index in [9.17, 15) is 9.59 Å². The average molecular weight is 340 g/mol. The summed E-state index contributed by atoms with van der Waals surface area (Å²) in [6.45, 7) is 6.66. The molecule has 1 unspecified atom stereocenters. The van der Waals surface area contributed by atoms with Crippen molar-refractivity contribution in [3.63, 3.8) is 0 Å². The van der Waals surface area contributed by atoms with Crippen LogP contribution in [0.4, 0.5) is 0 Å². The van der Waals surface area contributed by atoms with E-state index in [1.807, 2.05) is 0 Å². The lowest BCUT2D eigenvalue weighted by atomic mass is 9.72. The second kappa shape index (κ2) is 6.43. The number of rotatable bonds is 2. The van der Waals surface area contributed by atoms with Crippen LogP contribution in [0.25, 0.3) is 10.8 Å². The van der Waals surface area contributed by atoms with Gasteiger partial charge >= 0.3 is 0 Å². The number of carbonyl (C=O) groups excluding carboxylic acids is 1. The highest BCUT2D eigenvalue weighted by Crippen LogP contribution is 2.36. The van der Waals surface area contributed by atoms with Crippen LogP contribution in [0.1, 0.15) is 50.5 Å². The normalized spacial score (nSPS) is 21.4. The highest BCUT2D eigenvalue weighted by atomic mass is 16.2. The van der Waals surface area contributed by atoms with Crippen molar-refractivity contribution in [2.45, 2.75) is 40.0 Å². The number of hydrogen-bond donors (Lipinski definition) is 1. The molecule has 1 N–H and O–H groups in total. The summed E-state index contributed by atoms with van der Waals surface area (Å²) in [6.07, 6.45) is 2.93. The Labute approximate surface area is 146 Å². The van der Waals surface area contributed by atoms with Crippen molar-refractivity contribution in [2.24, 2.45) is 23.5 Å². The Morgan fingerprint density at radius 2 is 2.00 bits per heavy atom. The summed E-state index contributed by atoms with van der Waals surface area (Å²) >= 11 is 0. The predicted molar refractivity (Wildman–Crippen MR) is 98.7 cm³/mol. The molecule has 1 aliphatic rings. The molecular formula is C19H24N4O2. The second-order valence-electron chi connectivity index (χ2n) is 7.80. The number of aromatic nitrogens is 2. The van der Waals surface area contributed by atoms with Gasteiger partial charge < -0.3 is 0 Å². The van der Waals surface area contributed by atoms with Gasteiger partial charge in [0, 0.05) is 18.1 Å². The maximum atomic E-state index is 12.6. The summed E-state index contributed by atoms with van der Waals surface area (Å²) in [4.78, 5) is 24.8. The van der Waals surface area contributed by atoms with Gasteiger partial charge in [-0.05, 0) is 36.7 Å². The molecule has 0 bridgehead atoms. The van der Waals surface area contributed by atoms with E-state index in [0.717, 1.165) is 25.0 Å². The summed E-state index contributed by atoms with van der Waals surface area (Å²) in [5.74, 6) is 0.159. The van der Waals surface area contributed by atoms with Crippen LogP contribution in [-0.4, -0.2) is 21.4 Å². The summed E-state index contributed by atoms with van der Waals surface area (Å²) in [7, 11) is 1.54.